The molecule has 2 aliphatic heterocycles. The van der Waals surface area contributed by atoms with Crippen LogP contribution in [-0.2, 0) is 14.3 Å². The molecule has 0 amide bonds. The number of cyclic esters (lactones) is 2. The van der Waals surface area contributed by atoms with Crippen molar-refractivity contribution in [2.45, 2.75) is 41.5 Å². The van der Waals surface area contributed by atoms with Crippen LogP contribution < -0.4 is 10.4 Å². The van der Waals surface area contributed by atoms with Gasteiger partial charge >= 0.3 is 11.9 Å². The van der Waals surface area contributed by atoms with Gasteiger partial charge in [0.25, 0.3) is 0 Å². The van der Waals surface area contributed by atoms with Gasteiger partial charge in [-0.25, -0.2) is 9.59 Å². The normalized spacial score (nSPS) is 22.3. The molecule has 2 aromatic rings. The molecule has 0 aliphatic carbocycles. The third-order valence-corrected chi connectivity index (χ3v) is 6.63. The molecule has 0 spiro atoms. The van der Waals surface area contributed by atoms with Gasteiger partial charge in [0.2, 0.25) is 0 Å². The van der Waals surface area contributed by atoms with Gasteiger partial charge in [-0.2, -0.15) is 10.4 Å². The fourth-order valence-corrected chi connectivity index (χ4v) is 4.86. The van der Waals surface area contributed by atoms with Crippen LogP contribution in [0, 0.1) is 6.92 Å². The van der Waals surface area contributed by atoms with Gasteiger partial charge in [0.15, 0.2) is 5.69 Å². The summed E-state index contributed by atoms with van der Waals surface area (Å²) < 4.78 is 5.02. The van der Waals surface area contributed by atoms with E-state index in [2.05, 4.69) is 0 Å². The molecule has 168 valence electrons. The molecule has 1 atom stereocenters. The van der Waals surface area contributed by atoms with Crippen LogP contribution in [0.3, 0.4) is 0 Å². The number of hydrogen-bond acceptors (Lipinski definition) is 4. The van der Waals surface area contributed by atoms with E-state index in [0.29, 0.717) is 16.7 Å². The summed E-state index contributed by atoms with van der Waals surface area (Å²) in [6, 6.07) is 18.2. The van der Waals surface area contributed by atoms with Crippen molar-refractivity contribution in [3.8, 4) is 0 Å². The fourth-order valence-electron chi connectivity index (χ4n) is 4.86. The van der Waals surface area contributed by atoms with E-state index < -0.39 is 11.9 Å². The number of hydrogen-bond donors (Lipinski definition) is 1. The van der Waals surface area contributed by atoms with Crippen molar-refractivity contribution < 1.29 is 14.3 Å². The highest BCUT2D eigenvalue weighted by Crippen LogP contribution is 2.49. The molecular formula is C28H29N2O3+. The molecule has 4 rings (SSSR count). The van der Waals surface area contributed by atoms with Crippen LogP contribution in [0.5, 0.6) is 0 Å². The molecule has 2 N–H and O–H groups in total. The van der Waals surface area contributed by atoms with Crippen LogP contribution in [0.25, 0.3) is 5.57 Å². The van der Waals surface area contributed by atoms with Crippen LogP contribution in [0.2, 0.25) is 0 Å². The van der Waals surface area contributed by atoms with Crippen molar-refractivity contribution in [3.05, 3.63) is 105 Å². The number of esters is 2. The molecule has 33 heavy (non-hydrogen) atoms. The second kappa shape index (κ2) is 8.10. The van der Waals surface area contributed by atoms with E-state index in [1.54, 1.807) is 0 Å². The second-order valence-corrected chi connectivity index (χ2v) is 8.90. The van der Waals surface area contributed by atoms with Gasteiger partial charge < -0.3 is 4.74 Å². The van der Waals surface area contributed by atoms with Crippen LogP contribution in [0.4, 0.5) is 5.69 Å². The standard InChI is InChI=1S/C28H29N2O3/c1-16(2)23-25(28(32)33-27(23)31)18(4)24-19(5)30(29,22-14-12-17(3)13-15-22)20(6)26(24)21-10-8-7-9-11-21/h7-15H,29H2,1-6H3/q+1. The van der Waals surface area contributed by atoms with Gasteiger partial charge in [-0.3, -0.25) is 0 Å². The average Bonchev–Trinajstić information content (AvgIpc) is 3.20. The lowest BCUT2D eigenvalue weighted by atomic mass is 9.87. The number of quaternary nitrogens is 1. The second-order valence-electron chi connectivity index (χ2n) is 8.90. The first-order chi connectivity index (χ1) is 15.6. The van der Waals surface area contributed by atoms with Crippen LogP contribution in [-0.4, -0.2) is 11.9 Å². The Morgan fingerprint density at radius 2 is 1.36 bits per heavy atom. The van der Waals surface area contributed by atoms with E-state index in [4.69, 9.17) is 10.6 Å². The Morgan fingerprint density at radius 1 is 0.788 bits per heavy atom. The quantitative estimate of drug-likeness (QED) is 0.220. The third kappa shape index (κ3) is 3.41. The summed E-state index contributed by atoms with van der Waals surface area (Å²) in [5.74, 6) is 5.92. The highest BCUT2D eigenvalue weighted by atomic mass is 16.6. The largest absolute Gasteiger partial charge is 0.386 e. The van der Waals surface area contributed by atoms with Crippen molar-refractivity contribution in [3.63, 3.8) is 0 Å². The Labute approximate surface area is 194 Å². The Morgan fingerprint density at radius 3 is 1.94 bits per heavy atom. The van der Waals surface area contributed by atoms with E-state index >= 15 is 0 Å². The highest BCUT2D eigenvalue weighted by Gasteiger charge is 2.46. The zero-order valence-electron chi connectivity index (χ0n) is 19.9. The first-order valence-corrected chi connectivity index (χ1v) is 11.0. The van der Waals surface area contributed by atoms with Crippen LogP contribution >= 0.6 is 0 Å². The minimum Gasteiger partial charge on any atom is -0.386 e. The number of nitrogens with zero attached hydrogens (tertiary/aromatic N) is 1. The minimum absolute atomic E-state index is 0.0115. The van der Waals surface area contributed by atoms with Gasteiger partial charge in [0.1, 0.15) is 11.4 Å². The van der Waals surface area contributed by atoms with E-state index in [-0.39, 0.29) is 4.59 Å². The number of aryl methyl sites for hydroxylation is 1. The van der Waals surface area contributed by atoms with Crippen molar-refractivity contribution >= 4 is 23.2 Å². The zero-order valence-corrected chi connectivity index (χ0v) is 19.9. The Hall–Kier alpha value is -3.54. The van der Waals surface area contributed by atoms with E-state index in [1.165, 1.54) is 0 Å². The molecule has 2 aliphatic rings. The summed E-state index contributed by atoms with van der Waals surface area (Å²) >= 11 is 0. The maximum atomic E-state index is 12.8. The summed E-state index contributed by atoms with van der Waals surface area (Å²) in [7, 11) is 0. The summed E-state index contributed by atoms with van der Waals surface area (Å²) in [5.41, 5.74) is 8.78. The first-order valence-electron chi connectivity index (χ1n) is 11.0. The van der Waals surface area contributed by atoms with Gasteiger partial charge in [-0.05, 0) is 38.8 Å². The molecule has 1 unspecified atom stereocenters. The summed E-state index contributed by atoms with van der Waals surface area (Å²) in [6.07, 6.45) is 0. The summed E-state index contributed by atoms with van der Waals surface area (Å²) in [6.45, 7) is 11.6. The monoisotopic (exact) mass is 441 g/mol. The van der Waals surface area contributed by atoms with Crippen molar-refractivity contribution in [2.75, 3.05) is 0 Å². The molecule has 0 saturated carbocycles. The number of allylic oxidation sites excluding steroid dienone is 6. The number of carbonyl (C=O) groups excluding carboxylic acids is 2. The molecule has 2 aromatic carbocycles. The predicted octanol–water partition coefficient (Wildman–Crippen LogP) is 5.63. The number of benzene rings is 2. The predicted molar refractivity (Wildman–Crippen MR) is 131 cm³/mol. The minimum atomic E-state index is -0.614. The fraction of sp³-hybridized carbons (Fsp3) is 0.214. The number of rotatable bonds is 3. The number of ether oxygens (including phenoxy) is 1. The van der Waals surface area contributed by atoms with E-state index in [9.17, 15) is 9.59 Å². The molecule has 5 nitrogen and oxygen atoms in total. The van der Waals surface area contributed by atoms with Gasteiger partial charge in [0, 0.05) is 26.0 Å². The molecule has 0 radical (unpaired) electrons. The maximum Gasteiger partial charge on any atom is 0.347 e. The maximum absolute atomic E-state index is 12.8. The smallest absolute Gasteiger partial charge is 0.347 e. The number of nitrogens with two attached hydrogens (primary N) is 1. The van der Waals surface area contributed by atoms with E-state index in [1.807, 2.05) is 96.1 Å². The molecule has 0 bridgehead atoms. The molecule has 1 fully saturated rings. The summed E-state index contributed by atoms with van der Waals surface area (Å²) in [4.78, 5) is 25.2. The highest BCUT2D eigenvalue weighted by molar-refractivity contribution is 6.19. The van der Waals surface area contributed by atoms with Gasteiger partial charge in [0.05, 0.1) is 22.3 Å². The van der Waals surface area contributed by atoms with Crippen molar-refractivity contribution in [2.24, 2.45) is 5.84 Å². The topological polar surface area (TPSA) is 69.4 Å². The van der Waals surface area contributed by atoms with Gasteiger partial charge in [-0.15, -0.1) is 0 Å². The van der Waals surface area contributed by atoms with Crippen LogP contribution in [0.15, 0.2) is 93.9 Å². The summed E-state index contributed by atoms with van der Waals surface area (Å²) in [5, 5.41) is 0. The average molecular weight is 442 g/mol. The first kappa shape index (κ1) is 22.6. The van der Waals surface area contributed by atoms with Crippen LogP contribution in [0.1, 0.15) is 45.7 Å². The Kier molecular flexibility index (Phi) is 5.56. The SMILES string of the molecule is CC(C)=C1C(=O)OC(=O)C1=C(C)C1=C(C)[N+](N)(c2ccc(C)cc2)C(C)=C1c1ccccc1. The Balaban J connectivity index is 2.08. The van der Waals surface area contributed by atoms with E-state index in [0.717, 1.165) is 44.9 Å². The molecular weight excluding hydrogens is 412 g/mol. The lowest BCUT2D eigenvalue weighted by Gasteiger charge is -2.30. The lowest BCUT2D eigenvalue weighted by molar-refractivity contribution is -0.149. The van der Waals surface area contributed by atoms with Crippen molar-refractivity contribution in [1.82, 2.24) is 4.59 Å². The Bertz CT molecular complexity index is 1300. The lowest BCUT2D eigenvalue weighted by Crippen LogP contribution is -2.51. The molecule has 2 heterocycles. The van der Waals surface area contributed by atoms with Crippen molar-refractivity contribution in [1.29, 1.82) is 0 Å². The molecule has 1 saturated heterocycles. The number of carbonyl (C=O) groups is 2. The molecule has 5 heteroatoms. The third-order valence-electron chi connectivity index (χ3n) is 6.63. The zero-order chi connectivity index (χ0) is 24.1. The molecule has 0 aromatic heterocycles. The van der Waals surface area contributed by atoms with Gasteiger partial charge in [-0.1, -0.05) is 53.6 Å².